The molecule has 0 aromatic heterocycles. The first kappa shape index (κ1) is 14.3. The van der Waals surface area contributed by atoms with Gasteiger partial charge in [0.05, 0.1) is 5.56 Å². The molecule has 18 heavy (non-hydrogen) atoms. The standard InChI is InChI=1S/C14H19NO3/c1-2-11-18-13-8-4-3-7-12(13)14(17)15-9-5-6-10-16/h2-4,7-8,16H,1,5-6,9-11H2,(H,15,17). The normalized spacial score (nSPS) is 9.83. The number of nitrogens with one attached hydrogen (secondary N) is 1. The predicted octanol–water partition coefficient (Wildman–Crippen LogP) is 1.75. The van der Waals surface area contributed by atoms with Gasteiger partial charge in [0, 0.05) is 13.2 Å². The van der Waals surface area contributed by atoms with E-state index >= 15 is 0 Å². The molecule has 0 unspecified atom stereocenters. The zero-order valence-corrected chi connectivity index (χ0v) is 10.4. The van der Waals surface area contributed by atoms with E-state index in [-0.39, 0.29) is 12.5 Å². The largest absolute Gasteiger partial charge is 0.489 e. The van der Waals surface area contributed by atoms with Crippen molar-refractivity contribution in [3.8, 4) is 5.75 Å². The van der Waals surface area contributed by atoms with E-state index in [0.717, 1.165) is 6.42 Å². The van der Waals surface area contributed by atoms with Crippen molar-refractivity contribution >= 4 is 5.91 Å². The molecule has 0 atom stereocenters. The minimum atomic E-state index is -0.160. The van der Waals surface area contributed by atoms with Gasteiger partial charge < -0.3 is 15.2 Å². The molecule has 0 aliphatic heterocycles. The Morgan fingerprint density at radius 3 is 2.89 bits per heavy atom. The summed E-state index contributed by atoms with van der Waals surface area (Å²) in [4.78, 5) is 11.9. The summed E-state index contributed by atoms with van der Waals surface area (Å²) >= 11 is 0. The molecule has 0 saturated carbocycles. The molecule has 2 N–H and O–H groups in total. The Morgan fingerprint density at radius 1 is 1.39 bits per heavy atom. The van der Waals surface area contributed by atoms with E-state index in [2.05, 4.69) is 11.9 Å². The number of hydrogen-bond acceptors (Lipinski definition) is 3. The topological polar surface area (TPSA) is 58.6 Å². The van der Waals surface area contributed by atoms with Gasteiger partial charge in [0.1, 0.15) is 12.4 Å². The van der Waals surface area contributed by atoms with Crippen LogP contribution in [0.5, 0.6) is 5.75 Å². The number of hydrogen-bond donors (Lipinski definition) is 2. The number of aliphatic hydroxyl groups is 1. The molecule has 0 aliphatic rings. The van der Waals surface area contributed by atoms with E-state index < -0.39 is 0 Å². The maximum atomic E-state index is 11.9. The summed E-state index contributed by atoms with van der Waals surface area (Å²) in [6.45, 7) is 4.64. The molecular weight excluding hydrogens is 230 g/mol. The van der Waals surface area contributed by atoms with Crippen LogP contribution in [0, 0.1) is 0 Å². The minimum absolute atomic E-state index is 0.148. The first-order chi connectivity index (χ1) is 8.79. The molecule has 0 bridgehead atoms. The van der Waals surface area contributed by atoms with E-state index in [0.29, 0.717) is 30.9 Å². The second kappa shape index (κ2) is 8.31. The summed E-state index contributed by atoms with van der Waals surface area (Å²) in [6.07, 6.45) is 3.09. The van der Waals surface area contributed by atoms with Gasteiger partial charge in [-0.1, -0.05) is 24.8 Å². The van der Waals surface area contributed by atoms with Crippen molar-refractivity contribution in [3.05, 3.63) is 42.5 Å². The highest BCUT2D eigenvalue weighted by Gasteiger charge is 2.10. The van der Waals surface area contributed by atoms with Crippen LogP contribution < -0.4 is 10.1 Å². The fourth-order valence-electron chi connectivity index (χ4n) is 1.46. The van der Waals surface area contributed by atoms with E-state index in [9.17, 15) is 4.79 Å². The van der Waals surface area contributed by atoms with Gasteiger partial charge in [-0.25, -0.2) is 0 Å². The monoisotopic (exact) mass is 249 g/mol. The number of amides is 1. The molecule has 1 rings (SSSR count). The third-order valence-corrected chi connectivity index (χ3v) is 2.36. The number of unbranched alkanes of at least 4 members (excludes halogenated alkanes) is 1. The number of aliphatic hydroxyl groups excluding tert-OH is 1. The number of benzene rings is 1. The number of carbonyl (C=O) groups excluding carboxylic acids is 1. The average molecular weight is 249 g/mol. The van der Waals surface area contributed by atoms with Crippen molar-refractivity contribution in [3.63, 3.8) is 0 Å². The molecule has 0 spiro atoms. The zero-order chi connectivity index (χ0) is 13.2. The van der Waals surface area contributed by atoms with Gasteiger partial charge in [-0.15, -0.1) is 0 Å². The predicted molar refractivity (Wildman–Crippen MR) is 70.8 cm³/mol. The Bertz CT molecular complexity index is 390. The van der Waals surface area contributed by atoms with Crippen LogP contribution in [0.2, 0.25) is 0 Å². The first-order valence-electron chi connectivity index (χ1n) is 6.01. The summed E-state index contributed by atoms with van der Waals surface area (Å²) in [5.41, 5.74) is 0.517. The summed E-state index contributed by atoms with van der Waals surface area (Å²) in [6, 6.07) is 7.09. The van der Waals surface area contributed by atoms with Gasteiger partial charge in [0.25, 0.3) is 5.91 Å². The van der Waals surface area contributed by atoms with Crippen molar-refractivity contribution in [2.75, 3.05) is 19.8 Å². The van der Waals surface area contributed by atoms with E-state index in [1.807, 2.05) is 6.07 Å². The fraction of sp³-hybridized carbons (Fsp3) is 0.357. The summed E-state index contributed by atoms with van der Waals surface area (Å²) in [5, 5.41) is 11.4. The Labute approximate surface area is 107 Å². The molecule has 4 nitrogen and oxygen atoms in total. The number of rotatable bonds is 8. The van der Waals surface area contributed by atoms with E-state index in [4.69, 9.17) is 9.84 Å². The molecule has 0 radical (unpaired) electrons. The average Bonchev–Trinajstić information content (AvgIpc) is 2.41. The van der Waals surface area contributed by atoms with Crippen LogP contribution in [0.1, 0.15) is 23.2 Å². The lowest BCUT2D eigenvalue weighted by atomic mass is 10.2. The first-order valence-corrected chi connectivity index (χ1v) is 6.01. The highest BCUT2D eigenvalue weighted by Crippen LogP contribution is 2.17. The van der Waals surface area contributed by atoms with Crippen LogP contribution in [0.4, 0.5) is 0 Å². The summed E-state index contributed by atoms with van der Waals surface area (Å²) < 4.78 is 5.42. The Balaban J connectivity index is 2.57. The Kier molecular flexibility index (Phi) is 6.58. The lowest BCUT2D eigenvalue weighted by Gasteiger charge is -2.10. The molecule has 1 aromatic rings. The zero-order valence-electron chi connectivity index (χ0n) is 10.4. The lowest BCUT2D eigenvalue weighted by Crippen LogP contribution is -2.25. The minimum Gasteiger partial charge on any atom is -0.489 e. The Hall–Kier alpha value is -1.81. The quantitative estimate of drug-likeness (QED) is 0.545. The SMILES string of the molecule is C=CCOc1ccccc1C(=O)NCCCCO. The van der Waals surface area contributed by atoms with Crippen molar-refractivity contribution in [1.29, 1.82) is 0 Å². The maximum absolute atomic E-state index is 11.9. The van der Waals surface area contributed by atoms with Crippen LogP contribution in [-0.4, -0.2) is 30.8 Å². The molecule has 0 fully saturated rings. The van der Waals surface area contributed by atoms with E-state index in [1.165, 1.54) is 0 Å². The van der Waals surface area contributed by atoms with Gasteiger partial charge >= 0.3 is 0 Å². The van der Waals surface area contributed by atoms with Gasteiger partial charge in [-0.3, -0.25) is 4.79 Å². The smallest absolute Gasteiger partial charge is 0.255 e. The third-order valence-electron chi connectivity index (χ3n) is 2.36. The molecule has 1 amide bonds. The number of para-hydroxylation sites is 1. The fourth-order valence-corrected chi connectivity index (χ4v) is 1.46. The van der Waals surface area contributed by atoms with Crippen molar-refractivity contribution in [2.24, 2.45) is 0 Å². The lowest BCUT2D eigenvalue weighted by molar-refractivity contribution is 0.0948. The summed E-state index contributed by atoms with van der Waals surface area (Å²) in [5.74, 6) is 0.393. The van der Waals surface area contributed by atoms with Crippen molar-refractivity contribution in [1.82, 2.24) is 5.32 Å². The number of carbonyl (C=O) groups is 1. The molecule has 1 aromatic carbocycles. The molecule has 98 valence electrons. The van der Waals surface area contributed by atoms with Crippen LogP contribution in [-0.2, 0) is 0 Å². The van der Waals surface area contributed by atoms with Gasteiger partial charge in [0.2, 0.25) is 0 Å². The molecule has 0 aliphatic carbocycles. The molecule has 4 heteroatoms. The van der Waals surface area contributed by atoms with Crippen LogP contribution in [0.3, 0.4) is 0 Å². The van der Waals surface area contributed by atoms with Crippen LogP contribution >= 0.6 is 0 Å². The molecular formula is C14H19NO3. The molecule has 0 saturated heterocycles. The highest BCUT2D eigenvalue weighted by atomic mass is 16.5. The third kappa shape index (κ3) is 4.59. The van der Waals surface area contributed by atoms with E-state index in [1.54, 1.807) is 24.3 Å². The maximum Gasteiger partial charge on any atom is 0.255 e. The second-order valence-electron chi connectivity index (χ2n) is 3.78. The number of ether oxygens (including phenoxy) is 1. The van der Waals surface area contributed by atoms with Gasteiger partial charge in [-0.05, 0) is 25.0 Å². The van der Waals surface area contributed by atoms with Gasteiger partial charge in [0.15, 0.2) is 0 Å². The second-order valence-corrected chi connectivity index (χ2v) is 3.78. The van der Waals surface area contributed by atoms with Crippen LogP contribution in [0.25, 0.3) is 0 Å². The summed E-state index contributed by atoms with van der Waals surface area (Å²) in [7, 11) is 0. The highest BCUT2D eigenvalue weighted by molar-refractivity contribution is 5.96. The Morgan fingerprint density at radius 2 is 2.17 bits per heavy atom. The van der Waals surface area contributed by atoms with Crippen molar-refractivity contribution < 1.29 is 14.6 Å². The van der Waals surface area contributed by atoms with Crippen molar-refractivity contribution in [2.45, 2.75) is 12.8 Å². The van der Waals surface area contributed by atoms with Crippen LogP contribution in [0.15, 0.2) is 36.9 Å². The molecule has 0 heterocycles. The van der Waals surface area contributed by atoms with Gasteiger partial charge in [-0.2, -0.15) is 0 Å².